The molecule has 1 rings (SSSR count). The van der Waals surface area contributed by atoms with Gasteiger partial charge in [-0.3, -0.25) is 4.79 Å². The maximum atomic E-state index is 11.2. The van der Waals surface area contributed by atoms with E-state index in [1.807, 2.05) is 13.8 Å². The lowest BCUT2D eigenvalue weighted by Crippen LogP contribution is -2.16. The van der Waals surface area contributed by atoms with Crippen LogP contribution in [-0.4, -0.2) is 27.7 Å². The van der Waals surface area contributed by atoms with Crippen LogP contribution < -0.4 is 0 Å². The molecular formula is C8H12N2O2S2. The number of thioether (sulfide) groups is 1. The van der Waals surface area contributed by atoms with Crippen LogP contribution in [0.5, 0.6) is 0 Å². The highest BCUT2D eigenvalue weighted by Crippen LogP contribution is 2.21. The number of hydrogen-bond donors (Lipinski definition) is 0. The van der Waals surface area contributed by atoms with E-state index >= 15 is 0 Å². The molecule has 1 atom stereocenters. The first-order chi connectivity index (χ1) is 6.74. The van der Waals surface area contributed by atoms with Gasteiger partial charge in [0.25, 0.3) is 0 Å². The number of hydrogen-bond acceptors (Lipinski definition) is 6. The molecule has 4 nitrogen and oxygen atoms in total. The fourth-order valence-corrected chi connectivity index (χ4v) is 2.25. The Labute approximate surface area is 91.2 Å². The van der Waals surface area contributed by atoms with Crippen LogP contribution in [0.15, 0.2) is 10.7 Å². The first kappa shape index (κ1) is 11.5. The Bertz CT molecular complexity index is 277. The fraction of sp³-hybridized carbons (Fsp3) is 0.625. The Morgan fingerprint density at radius 3 is 3.14 bits per heavy atom. The van der Waals surface area contributed by atoms with E-state index in [2.05, 4.69) is 9.36 Å². The van der Waals surface area contributed by atoms with Crippen molar-refractivity contribution in [1.82, 2.24) is 9.36 Å². The zero-order valence-corrected chi connectivity index (χ0v) is 9.73. The van der Waals surface area contributed by atoms with Gasteiger partial charge in [0, 0.05) is 5.75 Å². The van der Waals surface area contributed by atoms with E-state index in [1.54, 1.807) is 0 Å². The van der Waals surface area contributed by atoms with Gasteiger partial charge in [0.15, 0.2) is 4.34 Å². The minimum atomic E-state index is -0.149. The van der Waals surface area contributed by atoms with Crippen molar-refractivity contribution in [2.24, 2.45) is 5.92 Å². The standard InChI is InChI=1S/C8H12N2O2S2/c1-3-12-7(11)6(2)4-13-8-9-5-10-14-8/h5-6H,3-4H2,1-2H3. The molecule has 14 heavy (non-hydrogen) atoms. The van der Waals surface area contributed by atoms with Gasteiger partial charge in [-0.25, -0.2) is 4.98 Å². The molecule has 0 aliphatic carbocycles. The van der Waals surface area contributed by atoms with E-state index in [9.17, 15) is 4.79 Å². The van der Waals surface area contributed by atoms with E-state index in [4.69, 9.17) is 4.74 Å². The maximum Gasteiger partial charge on any atom is 0.309 e. The van der Waals surface area contributed by atoms with Gasteiger partial charge in [0.1, 0.15) is 6.33 Å². The Morgan fingerprint density at radius 2 is 2.57 bits per heavy atom. The first-order valence-corrected chi connectivity index (χ1v) is 6.06. The summed E-state index contributed by atoms with van der Waals surface area (Å²) >= 11 is 2.87. The highest BCUT2D eigenvalue weighted by atomic mass is 32.2. The summed E-state index contributed by atoms with van der Waals surface area (Å²) < 4.78 is 9.65. The highest BCUT2D eigenvalue weighted by molar-refractivity contribution is 8.00. The third kappa shape index (κ3) is 3.63. The van der Waals surface area contributed by atoms with Gasteiger partial charge in [0.2, 0.25) is 0 Å². The van der Waals surface area contributed by atoms with Crippen LogP contribution in [-0.2, 0) is 9.53 Å². The smallest absolute Gasteiger partial charge is 0.309 e. The molecular weight excluding hydrogens is 220 g/mol. The molecule has 6 heteroatoms. The summed E-state index contributed by atoms with van der Waals surface area (Å²) in [6.07, 6.45) is 1.52. The van der Waals surface area contributed by atoms with Gasteiger partial charge in [-0.2, -0.15) is 4.37 Å². The molecule has 0 aliphatic rings. The summed E-state index contributed by atoms with van der Waals surface area (Å²) in [6.45, 7) is 4.10. The Kier molecular flexibility index (Phi) is 4.89. The summed E-state index contributed by atoms with van der Waals surface area (Å²) in [6, 6.07) is 0. The molecule has 1 aromatic heterocycles. The monoisotopic (exact) mass is 232 g/mol. The maximum absolute atomic E-state index is 11.2. The number of nitrogens with zero attached hydrogens (tertiary/aromatic N) is 2. The number of carbonyl (C=O) groups is 1. The van der Waals surface area contributed by atoms with E-state index in [1.165, 1.54) is 29.6 Å². The van der Waals surface area contributed by atoms with Gasteiger partial charge in [-0.15, -0.1) is 0 Å². The molecule has 0 aliphatic heterocycles. The SMILES string of the molecule is CCOC(=O)C(C)CSc1ncns1. The summed E-state index contributed by atoms with van der Waals surface area (Å²) in [7, 11) is 0. The van der Waals surface area contributed by atoms with Crippen molar-refractivity contribution < 1.29 is 9.53 Å². The second kappa shape index (κ2) is 5.98. The van der Waals surface area contributed by atoms with Crippen LogP contribution in [0.1, 0.15) is 13.8 Å². The molecule has 0 fully saturated rings. The summed E-state index contributed by atoms with van der Waals surface area (Å²) in [5.74, 6) is 0.446. The first-order valence-electron chi connectivity index (χ1n) is 4.30. The molecule has 0 amide bonds. The number of ether oxygens (including phenoxy) is 1. The van der Waals surface area contributed by atoms with Crippen molar-refractivity contribution >= 4 is 29.3 Å². The fourth-order valence-electron chi connectivity index (χ4n) is 0.775. The largest absolute Gasteiger partial charge is 0.466 e. The van der Waals surface area contributed by atoms with Crippen LogP contribution >= 0.6 is 23.3 Å². The summed E-state index contributed by atoms with van der Waals surface area (Å²) in [4.78, 5) is 15.2. The topological polar surface area (TPSA) is 52.1 Å². The van der Waals surface area contributed by atoms with Crippen molar-refractivity contribution in [2.75, 3.05) is 12.4 Å². The molecule has 0 saturated heterocycles. The lowest BCUT2D eigenvalue weighted by molar-refractivity contribution is -0.146. The lowest BCUT2D eigenvalue weighted by atomic mass is 10.2. The predicted molar refractivity (Wildman–Crippen MR) is 56.4 cm³/mol. The zero-order valence-electron chi connectivity index (χ0n) is 8.10. The minimum absolute atomic E-state index is 0.0937. The van der Waals surface area contributed by atoms with Crippen LogP contribution in [0.25, 0.3) is 0 Å². The van der Waals surface area contributed by atoms with Crippen molar-refractivity contribution in [3.8, 4) is 0 Å². The van der Waals surface area contributed by atoms with Crippen LogP contribution in [0.3, 0.4) is 0 Å². The lowest BCUT2D eigenvalue weighted by Gasteiger charge is -2.07. The Morgan fingerprint density at radius 1 is 1.79 bits per heavy atom. The molecule has 1 aromatic rings. The van der Waals surface area contributed by atoms with Crippen LogP contribution in [0, 0.1) is 5.92 Å². The van der Waals surface area contributed by atoms with Crippen molar-refractivity contribution in [1.29, 1.82) is 0 Å². The molecule has 0 N–H and O–H groups in total. The molecule has 1 heterocycles. The molecule has 0 spiro atoms. The average molecular weight is 232 g/mol. The summed E-state index contributed by atoms with van der Waals surface area (Å²) in [5.41, 5.74) is 0. The van der Waals surface area contributed by atoms with Gasteiger partial charge in [0.05, 0.1) is 12.5 Å². The molecule has 78 valence electrons. The minimum Gasteiger partial charge on any atom is -0.466 e. The summed E-state index contributed by atoms with van der Waals surface area (Å²) in [5, 5.41) is 0. The molecule has 0 aromatic carbocycles. The zero-order chi connectivity index (χ0) is 10.4. The van der Waals surface area contributed by atoms with Gasteiger partial charge >= 0.3 is 5.97 Å². The number of esters is 1. The predicted octanol–water partition coefficient (Wildman–Crippen LogP) is 1.83. The quantitative estimate of drug-likeness (QED) is 0.572. The second-order valence-electron chi connectivity index (χ2n) is 2.67. The number of rotatable bonds is 5. The normalized spacial score (nSPS) is 12.4. The van der Waals surface area contributed by atoms with Crippen LogP contribution in [0.4, 0.5) is 0 Å². The third-order valence-electron chi connectivity index (χ3n) is 1.49. The Balaban J connectivity index is 2.27. The average Bonchev–Trinajstić information content (AvgIpc) is 2.67. The number of carbonyl (C=O) groups excluding carboxylic acids is 1. The highest BCUT2D eigenvalue weighted by Gasteiger charge is 2.14. The molecule has 0 bridgehead atoms. The van der Waals surface area contributed by atoms with Gasteiger partial charge in [-0.1, -0.05) is 18.7 Å². The van der Waals surface area contributed by atoms with E-state index in [-0.39, 0.29) is 11.9 Å². The van der Waals surface area contributed by atoms with E-state index in [0.717, 1.165) is 4.34 Å². The number of aromatic nitrogens is 2. The van der Waals surface area contributed by atoms with Gasteiger partial charge < -0.3 is 4.74 Å². The molecule has 0 radical (unpaired) electrons. The molecule has 0 saturated carbocycles. The van der Waals surface area contributed by atoms with Crippen molar-refractivity contribution in [2.45, 2.75) is 18.2 Å². The van der Waals surface area contributed by atoms with E-state index < -0.39 is 0 Å². The Hall–Kier alpha value is -0.620. The molecule has 1 unspecified atom stereocenters. The van der Waals surface area contributed by atoms with E-state index in [0.29, 0.717) is 12.4 Å². The third-order valence-corrected chi connectivity index (χ3v) is 3.54. The van der Waals surface area contributed by atoms with Crippen LogP contribution in [0.2, 0.25) is 0 Å². The van der Waals surface area contributed by atoms with Gasteiger partial charge in [-0.05, 0) is 18.5 Å². The van der Waals surface area contributed by atoms with Crippen molar-refractivity contribution in [3.63, 3.8) is 0 Å². The second-order valence-corrected chi connectivity index (χ2v) is 4.72. The van der Waals surface area contributed by atoms with Crippen molar-refractivity contribution in [3.05, 3.63) is 6.33 Å².